The molecule has 6 heteroatoms. The lowest BCUT2D eigenvalue weighted by molar-refractivity contribution is -0.126. The van der Waals surface area contributed by atoms with Crippen LogP contribution in [0.25, 0.3) is 10.4 Å². The van der Waals surface area contributed by atoms with E-state index < -0.39 is 5.54 Å². The van der Waals surface area contributed by atoms with E-state index in [4.69, 9.17) is 11.3 Å². The molecule has 0 unspecified atom stereocenters. The van der Waals surface area contributed by atoms with Crippen molar-refractivity contribution in [2.45, 2.75) is 58.4 Å². The van der Waals surface area contributed by atoms with Crippen LogP contribution in [0.5, 0.6) is 0 Å². The van der Waals surface area contributed by atoms with E-state index in [9.17, 15) is 4.79 Å². The van der Waals surface area contributed by atoms with Gasteiger partial charge in [-0.15, -0.1) is 0 Å². The van der Waals surface area contributed by atoms with Crippen molar-refractivity contribution < 1.29 is 4.79 Å². The minimum atomic E-state index is -0.571. The highest BCUT2D eigenvalue weighted by molar-refractivity contribution is 5.84. The van der Waals surface area contributed by atoms with Gasteiger partial charge in [0.2, 0.25) is 5.91 Å². The number of nitrogens with two attached hydrogens (primary N) is 1. The molecule has 1 aliphatic carbocycles. The third kappa shape index (κ3) is 4.39. The number of azide groups is 1. The molecule has 114 valence electrons. The fourth-order valence-corrected chi connectivity index (χ4v) is 3.01. The van der Waals surface area contributed by atoms with Crippen molar-refractivity contribution in [2.75, 3.05) is 13.1 Å². The van der Waals surface area contributed by atoms with E-state index in [-0.39, 0.29) is 11.3 Å². The highest BCUT2D eigenvalue weighted by Gasteiger charge is 2.42. The van der Waals surface area contributed by atoms with Crippen molar-refractivity contribution in [2.24, 2.45) is 22.2 Å². The summed E-state index contributed by atoms with van der Waals surface area (Å²) < 4.78 is 0. The standard InChI is InChI=1S/C14H27N5O/c1-13(2,3)11-5-7-14(8-6-11,12(15)20)17-9-4-10-18-19-16/h11,17H,4-10H2,1-3H3,(H2,15,20). The van der Waals surface area contributed by atoms with Crippen LogP contribution >= 0.6 is 0 Å². The van der Waals surface area contributed by atoms with Crippen LogP contribution in [0.15, 0.2) is 5.11 Å². The number of primary amides is 1. The number of nitrogens with zero attached hydrogens (tertiary/aromatic N) is 3. The first kappa shape index (κ1) is 16.8. The zero-order valence-corrected chi connectivity index (χ0v) is 12.9. The first-order valence-electron chi connectivity index (χ1n) is 7.37. The van der Waals surface area contributed by atoms with E-state index in [1.165, 1.54) is 0 Å². The number of carbonyl (C=O) groups excluding carboxylic acids is 1. The lowest BCUT2D eigenvalue weighted by atomic mass is 9.67. The van der Waals surface area contributed by atoms with Crippen LogP contribution in [0.2, 0.25) is 0 Å². The van der Waals surface area contributed by atoms with Gasteiger partial charge in [0.05, 0.1) is 5.54 Å². The van der Waals surface area contributed by atoms with E-state index >= 15 is 0 Å². The Kier molecular flexibility index (Phi) is 5.84. The van der Waals surface area contributed by atoms with Crippen molar-refractivity contribution in [3.63, 3.8) is 0 Å². The predicted molar refractivity (Wildman–Crippen MR) is 80.0 cm³/mol. The first-order valence-corrected chi connectivity index (χ1v) is 7.37. The largest absolute Gasteiger partial charge is 0.368 e. The summed E-state index contributed by atoms with van der Waals surface area (Å²) in [5.41, 5.74) is 13.5. The molecule has 0 radical (unpaired) electrons. The van der Waals surface area contributed by atoms with Crippen LogP contribution < -0.4 is 11.1 Å². The van der Waals surface area contributed by atoms with Crippen molar-refractivity contribution in [1.29, 1.82) is 0 Å². The van der Waals surface area contributed by atoms with Crippen molar-refractivity contribution in [3.8, 4) is 0 Å². The summed E-state index contributed by atoms with van der Waals surface area (Å²) in [4.78, 5) is 14.5. The van der Waals surface area contributed by atoms with Crippen LogP contribution in [-0.4, -0.2) is 24.5 Å². The van der Waals surface area contributed by atoms with Gasteiger partial charge in [-0.05, 0) is 55.5 Å². The van der Waals surface area contributed by atoms with Crippen LogP contribution in [0.1, 0.15) is 52.9 Å². The molecule has 6 nitrogen and oxygen atoms in total. The normalized spacial score (nSPS) is 26.9. The Labute approximate surface area is 121 Å². The molecular formula is C14H27N5O. The fraction of sp³-hybridized carbons (Fsp3) is 0.929. The van der Waals surface area contributed by atoms with Gasteiger partial charge in [-0.3, -0.25) is 4.79 Å². The highest BCUT2D eigenvalue weighted by atomic mass is 16.1. The van der Waals surface area contributed by atoms with Crippen LogP contribution in [0.3, 0.4) is 0 Å². The minimum Gasteiger partial charge on any atom is -0.368 e. The van der Waals surface area contributed by atoms with E-state index in [0.29, 0.717) is 19.0 Å². The quantitative estimate of drug-likeness (QED) is 0.338. The number of hydrogen-bond acceptors (Lipinski definition) is 3. The summed E-state index contributed by atoms with van der Waals surface area (Å²) in [6.45, 7) is 7.86. The van der Waals surface area contributed by atoms with Crippen molar-refractivity contribution in [3.05, 3.63) is 10.4 Å². The Hall–Kier alpha value is -1.26. The molecule has 0 spiro atoms. The van der Waals surface area contributed by atoms with Gasteiger partial charge in [0.1, 0.15) is 0 Å². The SMILES string of the molecule is CC(C)(C)C1CCC(NCCCN=[N+]=[N-])(C(N)=O)CC1. The van der Waals surface area contributed by atoms with E-state index in [1.54, 1.807) is 0 Å². The summed E-state index contributed by atoms with van der Waals surface area (Å²) in [6.07, 6.45) is 4.37. The average Bonchev–Trinajstić information content (AvgIpc) is 2.37. The summed E-state index contributed by atoms with van der Waals surface area (Å²) in [5.74, 6) is 0.383. The smallest absolute Gasteiger partial charge is 0.237 e. The lowest BCUT2D eigenvalue weighted by Gasteiger charge is -2.43. The van der Waals surface area contributed by atoms with E-state index in [0.717, 1.165) is 32.1 Å². The molecule has 20 heavy (non-hydrogen) atoms. The van der Waals surface area contributed by atoms with E-state index in [1.807, 2.05) is 0 Å². The molecule has 0 aromatic rings. The molecule has 1 saturated carbocycles. The maximum absolute atomic E-state index is 11.8. The average molecular weight is 281 g/mol. The van der Waals surface area contributed by atoms with Gasteiger partial charge in [0.25, 0.3) is 0 Å². The molecule has 0 aromatic carbocycles. The Morgan fingerprint density at radius 2 is 2.05 bits per heavy atom. The Balaban J connectivity index is 2.54. The minimum absolute atomic E-state index is 0.256. The second-order valence-corrected chi connectivity index (χ2v) is 6.82. The van der Waals surface area contributed by atoms with Crippen LogP contribution in [0, 0.1) is 11.3 Å². The van der Waals surface area contributed by atoms with Gasteiger partial charge < -0.3 is 11.1 Å². The second kappa shape index (κ2) is 6.95. The number of amides is 1. The maximum atomic E-state index is 11.8. The Morgan fingerprint density at radius 1 is 1.45 bits per heavy atom. The molecule has 0 heterocycles. The fourth-order valence-electron chi connectivity index (χ4n) is 3.01. The summed E-state index contributed by atoms with van der Waals surface area (Å²) in [7, 11) is 0. The summed E-state index contributed by atoms with van der Waals surface area (Å²) >= 11 is 0. The van der Waals surface area contributed by atoms with Gasteiger partial charge in [-0.1, -0.05) is 25.9 Å². The van der Waals surface area contributed by atoms with Gasteiger partial charge in [0.15, 0.2) is 0 Å². The zero-order chi connectivity index (χ0) is 15.2. The number of rotatable bonds is 6. The second-order valence-electron chi connectivity index (χ2n) is 6.82. The first-order chi connectivity index (χ1) is 9.32. The zero-order valence-electron chi connectivity index (χ0n) is 12.9. The number of carbonyl (C=O) groups is 1. The topological polar surface area (TPSA) is 104 Å². The van der Waals surface area contributed by atoms with Gasteiger partial charge >= 0.3 is 0 Å². The van der Waals surface area contributed by atoms with Crippen molar-refractivity contribution >= 4 is 5.91 Å². The van der Waals surface area contributed by atoms with Crippen molar-refractivity contribution in [1.82, 2.24) is 5.32 Å². The van der Waals surface area contributed by atoms with Gasteiger partial charge in [-0.2, -0.15) is 0 Å². The molecule has 1 rings (SSSR count). The van der Waals surface area contributed by atoms with Crippen LogP contribution in [-0.2, 0) is 4.79 Å². The molecule has 0 atom stereocenters. The summed E-state index contributed by atoms with van der Waals surface area (Å²) in [6, 6.07) is 0. The number of hydrogen-bond donors (Lipinski definition) is 2. The third-order valence-corrected chi connectivity index (χ3v) is 4.50. The molecule has 1 amide bonds. The molecular weight excluding hydrogens is 254 g/mol. The van der Waals surface area contributed by atoms with Gasteiger partial charge in [0, 0.05) is 11.5 Å². The molecule has 0 bridgehead atoms. The van der Waals surface area contributed by atoms with Crippen LogP contribution in [0.4, 0.5) is 0 Å². The third-order valence-electron chi connectivity index (χ3n) is 4.50. The summed E-state index contributed by atoms with van der Waals surface area (Å²) in [5, 5.41) is 6.80. The Morgan fingerprint density at radius 3 is 2.50 bits per heavy atom. The monoisotopic (exact) mass is 281 g/mol. The van der Waals surface area contributed by atoms with E-state index in [2.05, 4.69) is 36.1 Å². The predicted octanol–water partition coefficient (Wildman–Crippen LogP) is 2.74. The Bertz CT molecular complexity index is 374. The molecule has 0 saturated heterocycles. The number of nitrogens with one attached hydrogen (secondary N) is 1. The molecule has 1 aliphatic rings. The lowest BCUT2D eigenvalue weighted by Crippen LogP contribution is -2.58. The molecule has 3 N–H and O–H groups in total. The van der Waals surface area contributed by atoms with Gasteiger partial charge in [-0.25, -0.2) is 0 Å². The molecule has 1 fully saturated rings. The maximum Gasteiger partial charge on any atom is 0.237 e. The molecule has 0 aliphatic heterocycles. The molecule has 0 aromatic heterocycles. The highest BCUT2D eigenvalue weighted by Crippen LogP contribution is 2.41.